The molecular formula is C28H38N4O2. The van der Waals surface area contributed by atoms with Crippen LogP contribution in [0.1, 0.15) is 76.6 Å². The summed E-state index contributed by atoms with van der Waals surface area (Å²) in [5, 5.41) is 18.7. The van der Waals surface area contributed by atoms with Gasteiger partial charge < -0.3 is 15.7 Å². The van der Waals surface area contributed by atoms with Crippen molar-refractivity contribution < 1.29 is 9.90 Å². The molecule has 1 saturated heterocycles. The standard InChI is InChI=1S/C28H38N4O2/c1-6-28(7-2,22-15-13-20(18-33)14-16-22)30-26(34)24-19(3)31-32-25(24)29-23(17-27(32,4)5)21-11-9-8-10-12-21/h8-16,19,23,29,31,33H,6-7,17-18H2,1-5H3,(H,30,34). The molecule has 1 fully saturated rings. The molecule has 6 nitrogen and oxygen atoms in total. The lowest BCUT2D eigenvalue weighted by molar-refractivity contribution is -0.119. The van der Waals surface area contributed by atoms with Crippen molar-refractivity contribution in [2.75, 3.05) is 0 Å². The van der Waals surface area contributed by atoms with Crippen molar-refractivity contribution in [2.24, 2.45) is 0 Å². The normalized spacial score (nSPS) is 21.8. The molecule has 0 spiro atoms. The van der Waals surface area contributed by atoms with Crippen LogP contribution < -0.4 is 16.1 Å². The number of nitrogens with zero attached hydrogens (tertiary/aromatic N) is 1. The van der Waals surface area contributed by atoms with Gasteiger partial charge in [0.25, 0.3) is 5.91 Å². The predicted molar refractivity (Wildman–Crippen MR) is 135 cm³/mol. The summed E-state index contributed by atoms with van der Waals surface area (Å²) in [6, 6.07) is 18.4. The van der Waals surface area contributed by atoms with E-state index in [1.807, 2.05) is 37.3 Å². The van der Waals surface area contributed by atoms with E-state index < -0.39 is 5.54 Å². The first-order valence-electron chi connectivity index (χ1n) is 12.4. The SMILES string of the molecule is CCC(CC)(NC(=O)C1=C2NC(c3ccccc3)CC(C)(C)N2NC1C)c1ccc(CO)cc1. The Labute approximate surface area is 203 Å². The van der Waals surface area contributed by atoms with Crippen LogP contribution in [0.5, 0.6) is 0 Å². The number of fused-ring (bicyclic) bond motifs is 1. The first-order chi connectivity index (χ1) is 16.2. The molecule has 2 heterocycles. The molecule has 2 aromatic carbocycles. The highest BCUT2D eigenvalue weighted by molar-refractivity contribution is 5.96. The minimum absolute atomic E-state index is 0.0111. The van der Waals surface area contributed by atoms with Crippen molar-refractivity contribution >= 4 is 5.91 Å². The lowest BCUT2D eigenvalue weighted by Gasteiger charge is -2.47. The van der Waals surface area contributed by atoms with E-state index >= 15 is 0 Å². The summed E-state index contributed by atoms with van der Waals surface area (Å²) in [4.78, 5) is 13.9. The van der Waals surface area contributed by atoms with Gasteiger partial charge in [-0.1, -0.05) is 68.4 Å². The first-order valence-corrected chi connectivity index (χ1v) is 12.4. The monoisotopic (exact) mass is 462 g/mol. The van der Waals surface area contributed by atoms with E-state index in [1.165, 1.54) is 5.56 Å². The van der Waals surface area contributed by atoms with Gasteiger partial charge in [-0.25, -0.2) is 5.43 Å². The summed E-state index contributed by atoms with van der Waals surface area (Å²) >= 11 is 0. The second-order valence-corrected chi connectivity index (χ2v) is 10.2. The number of hydrazine groups is 1. The molecule has 1 amide bonds. The average molecular weight is 463 g/mol. The number of carbonyl (C=O) groups excluding carboxylic acids is 1. The van der Waals surface area contributed by atoms with Gasteiger partial charge in [0.15, 0.2) is 0 Å². The van der Waals surface area contributed by atoms with Gasteiger partial charge in [-0.3, -0.25) is 9.80 Å². The number of aliphatic hydroxyl groups excluding tert-OH is 1. The summed E-state index contributed by atoms with van der Waals surface area (Å²) < 4.78 is 0. The van der Waals surface area contributed by atoms with Crippen LogP contribution in [0.25, 0.3) is 0 Å². The molecule has 2 atom stereocenters. The van der Waals surface area contributed by atoms with Crippen LogP contribution in [0, 0.1) is 0 Å². The van der Waals surface area contributed by atoms with Crippen LogP contribution in [-0.4, -0.2) is 27.6 Å². The smallest absolute Gasteiger partial charge is 0.253 e. The van der Waals surface area contributed by atoms with Crippen LogP contribution in [0.4, 0.5) is 0 Å². The number of rotatable bonds is 7. The summed E-state index contributed by atoms with van der Waals surface area (Å²) in [6.45, 7) is 10.7. The minimum Gasteiger partial charge on any atom is -0.392 e. The van der Waals surface area contributed by atoms with E-state index in [9.17, 15) is 9.90 Å². The summed E-state index contributed by atoms with van der Waals surface area (Å²) in [6.07, 6.45) is 2.46. The van der Waals surface area contributed by atoms with Gasteiger partial charge in [-0.15, -0.1) is 0 Å². The van der Waals surface area contributed by atoms with Crippen LogP contribution in [-0.2, 0) is 16.9 Å². The lowest BCUT2D eigenvalue weighted by Crippen LogP contribution is -2.57. The van der Waals surface area contributed by atoms with Crippen LogP contribution in [0.2, 0.25) is 0 Å². The minimum atomic E-state index is -0.477. The quantitative estimate of drug-likeness (QED) is 0.495. The van der Waals surface area contributed by atoms with Gasteiger partial charge in [0.05, 0.1) is 35.3 Å². The van der Waals surface area contributed by atoms with E-state index in [4.69, 9.17) is 0 Å². The van der Waals surface area contributed by atoms with Crippen molar-refractivity contribution in [3.63, 3.8) is 0 Å². The van der Waals surface area contributed by atoms with Crippen molar-refractivity contribution in [2.45, 2.75) is 83.6 Å². The van der Waals surface area contributed by atoms with Gasteiger partial charge in [0, 0.05) is 0 Å². The maximum Gasteiger partial charge on any atom is 0.253 e. The lowest BCUT2D eigenvalue weighted by atomic mass is 9.83. The van der Waals surface area contributed by atoms with Crippen molar-refractivity contribution in [3.05, 3.63) is 82.7 Å². The molecule has 182 valence electrons. The van der Waals surface area contributed by atoms with Gasteiger partial charge in [-0.2, -0.15) is 0 Å². The Kier molecular flexibility index (Phi) is 6.74. The fraction of sp³-hybridized carbons (Fsp3) is 0.464. The highest BCUT2D eigenvalue weighted by Crippen LogP contribution is 2.40. The third-order valence-electron chi connectivity index (χ3n) is 7.55. The summed E-state index contributed by atoms with van der Waals surface area (Å²) in [5.74, 6) is 0.816. The maximum absolute atomic E-state index is 13.9. The Bertz CT molecular complexity index is 1040. The van der Waals surface area contributed by atoms with E-state index in [2.05, 4.69) is 73.0 Å². The van der Waals surface area contributed by atoms with Crippen molar-refractivity contribution in [1.82, 2.24) is 21.1 Å². The van der Waals surface area contributed by atoms with Gasteiger partial charge in [0.2, 0.25) is 0 Å². The molecule has 4 rings (SSSR count). The highest BCUT2D eigenvalue weighted by Gasteiger charge is 2.46. The largest absolute Gasteiger partial charge is 0.392 e. The molecule has 2 aliphatic heterocycles. The van der Waals surface area contributed by atoms with Gasteiger partial charge in [-0.05, 0) is 56.7 Å². The molecule has 34 heavy (non-hydrogen) atoms. The number of hydrogen-bond donors (Lipinski definition) is 4. The maximum atomic E-state index is 13.9. The van der Waals surface area contributed by atoms with Crippen LogP contribution >= 0.6 is 0 Å². The third-order valence-corrected chi connectivity index (χ3v) is 7.55. The van der Waals surface area contributed by atoms with E-state index in [0.29, 0.717) is 0 Å². The first kappa shape index (κ1) is 24.3. The second-order valence-electron chi connectivity index (χ2n) is 10.2. The zero-order chi connectivity index (χ0) is 24.5. The summed E-state index contributed by atoms with van der Waals surface area (Å²) in [7, 11) is 0. The summed E-state index contributed by atoms with van der Waals surface area (Å²) in [5.41, 5.74) is 6.79. The molecule has 0 radical (unpaired) electrons. The molecular weight excluding hydrogens is 424 g/mol. The predicted octanol–water partition coefficient (Wildman–Crippen LogP) is 4.24. The Morgan fingerprint density at radius 3 is 2.35 bits per heavy atom. The Hall–Kier alpha value is -2.83. The number of nitrogens with one attached hydrogen (secondary N) is 3. The van der Waals surface area contributed by atoms with Crippen molar-refractivity contribution in [3.8, 4) is 0 Å². The average Bonchev–Trinajstić information content (AvgIpc) is 3.20. The molecule has 0 aromatic heterocycles. The number of amides is 1. The van der Waals surface area contributed by atoms with E-state index in [-0.39, 0.29) is 30.1 Å². The topological polar surface area (TPSA) is 76.6 Å². The highest BCUT2D eigenvalue weighted by atomic mass is 16.3. The number of hydrogen-bond acceptors (Lipinski definition) is 5. The molecule has 2 unspecified atom stereocenters. The Balaban J connectivity index is 1.68. The van der Waals surface area contributed by atoms with E-state index in [0.717, 1.165) is 41.8 Å². The number of aliphatic hydroxyl groups is 1. The third kappa shape index (κ3) is 4.32. The number of benzene rings is 2. The van der Waals surface area contributed by atoms with Crippen molar-refractivity contribution in [1.29, 1.82) is 0 Å². The fourth-order valence-electron chi connectivity index (χ4n) is 5.39. The molecule has 2 aliphatic rings. The fourth-order valence-corrected chi connectivity index (χ4v) is 5.39. The number of carbonyl (C=O) groups is 1. The second kappa shape index (κ2) is 9.43. The zero-order valence-corrected chi connectivity index (χ0v) is 21.0. The Morgan fingerprint density at radius 2 is 1.76 bits per heavy atom. The molecule has 0 bridgehead atoms. The van der Waals surface area contributed by atoms with Crippen LogP contribution in [0.15, 0.2) is 66.0 Å². The van der Waals surface area contributed by atoms with E-state index in [1.54, 1.807) is 0 Å². The molecule has 0 saturated carbocycles. The molecule has 2 aromatic rings. The zero-order valence-electron chi connectivity index (χ0n) is 21.0. The van der Waals surface area contributed by atoms with Gasteiger partial charge >= 0.3 is 0 Å². The van der Waals surface area contributed by atoms with Crippen LogP contribution in [0.3, 0.4) is 0 Å². The van der Waals surface area contributed by atoms with Gasteiger partial charge in [0.1, 0.15) is 5.82 Å². The molecule has 0 aliphatic carbocycles. The Morgan fingerprint density at radius 1 is 1.12 bits per heavy atom. The molecule has 6 heteroatoms. The molecule has 4 N–H and O–H groups in total.